The number of pyridine rings is 6. The largest absolute Gasteiger partial charge is 0.495 e. The zero-order chi connectivity index (χ0) is 81.6. The number of nitrogens with zero attached hydrogens (tertiary/aromatic N) is 22. The third-order valence-electron chi connectivity index (χ3n) is 18.2. The summed E-state index contributed by atoms with van der Waals surface area (Å²) in [4.78, 5) is 87.6. The Labute approximate surface area is 659 Å². The summed E-state index contributed by atoms with van der Waals surface area (Å²) in [5, 5.41) is 33.6. The molecule has 34 heteroatoms. The summed E-state index contributed by atoms with van der Waals surface area (Å²) in [5.41, 5.74) is 11.3. The van der Waals surface area contributed by atoms with Crippen molar-refractivity contribution in [3.8, 4) is 56.7 Å². The number of amides is 2. The Bertz CT molecular complexity index is 5030. The summed E-state index contributed by atoms with van der Waals surface area (Å²) in [6, 6.07) is 19.1. The normalized spacial score (nSPS) is 12.7. The maximum Gasteiger partial charge on any atom is 0.495 e. The van der Waals surface area contributed by atoms with Crippen molar-refractivity contribution in [3.05, 3.63) is 185 Å². The Morgan fingerprint density at radius 3 is 1.26 bits per heavy atom. The summed E-state index contributed by atoms with van der Waals surface area (Å²) in [6.07, 6.45) is 21.7. The standard InChI is InChI=1S/2C22H25N9O.C14H20BNO4.C14H17N3O2.C6H9BrN2/c1-13(2)30-12-16(11-24-30)17-9-19(23-10-15(17)5)22(32)26-20-8-6-7-18(25-20)21-27-28-29-31(21)14(3)4;1-13(2)30-11-19(24-12-30)16-9-18(23-10-15(16)5)22(32)26-20-8-6-7-17(25-20)21-27-28-29-31(21)14(3)4;1-9-8-16-11(12(17)18-6)7-10(9)15-19-13(2,3)14(4,5)20-15;1-9(2)17-7-13(16-8-17)11-5-12(14(18)19-4)15-6-10(11)3;1-5(2)9-3-6(7)8-4-9/h2*6-14H,1-5H3,(H,25,26,32);7-8H,1-6H3;5-9H,1-4H3;3-5H,1-2H3. The van der Waals surface area contributed by atoms with Gasteiger partial charge in [-0.1, -0.05) is 12.1 Å². The number of aromatic nitrogens is 22. The molecule has 0 unspecified atom stereocenters. The fourth-order valence-corrected chi connectivity index (χ4v) is 11.1. The van der Waals surface area contributed by atoms with E-state index in [2.05, 4.69) is 168 Å². The van der Waals surface area contributed by atoms with E-state index < -0.39 is 30.3 Å². The highest BCUT2D eigenvalue weighted by atomic mass is 79.9. The predicted octanol–water partition coefficient (Wildman–Crippen LogP) is 13.8. The van der Waals surface area contributed by atoms with Crippen LogP contribution in [0.3, 0.4) is 0 Å². The van der Waals surface area contributed by atoms with Gasteiger partial charge in [0.1, 0.15) is 50.4 Å². The minimum Gasteiger partial charge on any atom is -0.464 e. The van der Waals surface area contributed by atoms with Crippen molar-refractivity contribution in [2.75, 3.05) is 24.9 Å². The molecule has 112 heavy (non-hydrogen) atoms. The van der Waals surface area contributed by atoms with Crippen LogP contribution in [0.15, 0.2) is 140 Å². The zero-order valence-electron chi connectivity index (χ0n) is 67.2. The molecule has 2 N–H and O–H groups in total. The molecular formula is C78H96BBrN24O8. The minimum absolute atomic E-state index is 0.0781. The Balaban J connectivity index is 0.000000169. The number of ether oxygens (including phenoxy) is 2. The third-order valence-corrected chi connectivity index (χ3v) is 18.6. The molecule has 2 amide bonds. The van der Waals surface area contributed by atoms with Gasteiger partial charge in [0.05, 0.1) is 74.1 Å². The maximum absolute atomic E-state index is 12.9. The topological polar surface area (TPSA) is 365 Å². The van der Waals surface area contributed by atoms with Crippen molar-refractivity contribution in [2.24, 2.45) is 0 Å². The molecule has 12 aromatic heterocycles. The summed E-state index contributed by atoms with van der Waals surface area (Å²) in [5.74, 6) is 0.230. The lowest BCUT2D eigenvalue weighted by Crippen LogP contribution is -2.41. The number of carbonyl (C=O) groups excluding carboxylic acids is 4. The molecule has 13 rings (SSSR count). The zero-order valence-corrected chi connectivity index (χ0v) is 68.8. The quantitative estimate of drug-likeness (QED) is 0.0595. The average molecular weight is 1590 g/mol. The van der Waals surface area contributed by atoms with Crippen LogP contribution in [-0.2, 0) is 18.8 Å². The van der Waals surface area contributed by atoms with Gasteiger partial charge in [0.15, 0.2) is 0 Å². The number of esters is 2. The highest BCUT2D eigenvalue weighted by Crippen LogP contribution is 2.37. The molecule has 1 aliphatic rings. The lowest BCUT2D eigenvalue weighted by atomic mass is 9.76. The van der Waals surface area contributed by atoms with E-state index in [1.54, 1.807) is 114 Å². The molecule has 0 atom stereocenters. The second kappa shape index (κ2) is 36.8. The van der Waals surface area contributed by atoms with Gasteiger partial charge in [-0.3, -0.25) is 24.2 Å². The summed E-state index contributed by atoms with van der Waals surface area (Å²) < 4.78 is 33.6. The summed E-state index contributed by atoms with van der Waals surface area (Å²) in [7, 11) is 2.17. The number of hydrogen-bond donors (Lipinski definition) is 2. The molecule has 1 aliphatic heterocycles. The van der Waals surface area contributed by atoms with Gasteiger partial charge in [-0.2, -0.15) is 5.10 Å². The first-order chi connectivity index (χ1) is 53.1. The molecule has 1 fully saturated rings. The van der Waals surface area contributed by atoms with Crippen molar-refractivity contribution in [3.63, 3.8) is 0 Å². The fraction of sp³-hybridized carbons (Fsp3) is 0.385. The SMILES string of the molecule is CC(C)n1cnc(Br)c1.COC(=O)c1cc(-c2cn(C(C)C)cn2)c(C)cn1.COC(=O)c1cc(B2OC(C)(C)C(C)(C)O2)c(C)cn1.Cc1cnc(C(=O)Nc2cccc(-c3nnnn3C(C)C)n2)cc1-c1cn(C(C)C)cn1.Cc1cnc(C(=O)Nc2cccc(-c3nnnn3C(C)C)n2)cc1-c1cnn(C(C)C)c1. The third kappa shape index (κ3) is 20.8. The van der Waals surface area contributed by atoms with Crippen LogP contribution in [-0.4, -0.2) is 165 Å². The van der Waals surface area contributed by atoms with Crippen LogP contribution >= 0.6 is 15.9 Å². The highest BCUT2D eigenvalue weighted by molar-refractivity contribution is 9.10. The van der Waals surface area contributed by atoms with E-state index >= 15 is 0 Å². The van der Waals surface area contributed by atoms with Crippen LogP contribution in [0.5, 0.6) is 0 Å². The van der Waals surface area contributed by atoms with Gasteiger partial charge in [-0.05, 0) is 257 Å². The molecule has 586 valence electrons. The van der Waals surface area contributed by atoms with Gasteiger partial charge >= 0.3 is 19.1 Å². The number of tetrazole rings is 2. The second-order valence-electron chi connectivity index (χ2n) is 29.1. The minimum atomic E-state index is -0.508. The molecule has 0 aliphatic carbocycles. The molecule has 0 radical (unpaired) electrons. The van der Waals surface area contributed by atoms with Crippen molar-refractivity contribution >= 4 is 63.9 Å². The molecule has 12 aromatic rings. The first kappa shape index (κ1) is 84.2. The first-order valence-electron chi connectivity index (χ1n) is 36.4. The highest BCUT2D eigenvalue weighted by Gasteiger charge is 2.52. The van der Waals surface area contributed by atoms with Gasteiger partial charge in [0.25, 0.3) is 11.8 Å². The van der Waals surface area contributed by atoms with Crippen LogP contribution < -0.4 is 16.1 Å². The molecule has 13 heterocycles. The molecule has 32 nitrogen and oxygen atoms in total. The number of aryl methyl sites for hydroxylation is 4. The molecule has 0 saturated carbocycles. The van der Waals surface area contributed by atoms with E-state index in [4.69, 9.17) is 14.0 Å². The summed E-state index contributed by atoms with van der Waals surface area (Å²) in [6.45, 7) is 40.4. The van der Waals surface area contributed by atoms with E-state index in [1.807, 2.05) is 133 Å². The van der Waals surface area contributed by atoms with Crippen LogP contribution in [0, 0.1) is 27.7 Å². The number of methoxy groups -OCH3 is 2. The molecule has 1 saturated heterocycles. The van der Waals surface area contributed by atoms with Crippen LogP contribution in [0.1, 0.15) is 211 Å². The van der Waals surface area contributed by atoms with Crippen LogP contribution in [0.4, 0.5) is 11.6 Å². The van der Waals surface area contributed by atoms with Crippen molar-refractivity contribution in [1.82, 2.24) is 109 Å². The lowest BCUT2D eigenvalue weighted by molar-refractivity contribution is 0.00578. The average Bonchev–Trinajstić information content (AvgIpc) is 1.63. The Hall–Kier alpha value is -11.8. The number of imidazole rings is 3. The predicted molar refractivity (Wildman–Crippen MR) is 428 cm³/mol. The fourth-order valence-electron chi connectivity index (χ4n) is 10.8. The Kier molecular flexibility index (Phi) is 27.7. The number of rotatable bonds is 18. The van der Waals surface area contributed by atoms with Crippen molar-refractivity contribution < 1.29 is 38.0 Å². The summed E-state index contributed by atoms with van der Waals surface area (Å²) >= 11 is 3.27. The number of nitrogens with one attached hydrogen (secondary N) is 2. The number of halogens is 1. The molecular weight excluding hydrogens is 1490 g/mol. The van der Waals surface area contributed by atoms with Gasteiger partial charge in [0.2, 0.25) is 11.6 Å². The molecule has 0 spiro atoms. The van der Waals surface area contributed by atoms with Crippen molar-refractivity contribution in [1.29, 1.82) is 0 Å². The van der Waals surface area contributed by atoms with Gasteiger partial charge < -0.3 is 43.1 Å². The van der Waals surface area contributed by atoms with Crippen LogP contribution in [0.2, 0.25) is 0 Å². The van der Waals surface area contributed by atoms with E-state index in [-0.39, 0.29) is 41.3 Å². The Morgan fingerprint density at radius 2 is 0.866 bits per heavy atom. The second-order valence-corrected chi connectivity index (χ2v) is 29.9. The lowest BCUT2D eigenvalue weighted by Gasteiger charge is -2.32. The van der Waals surface area contributed by atoms with E-state index in [0.29, 0.717) is 64.2 Å². The smallest absolute Gasteiger partial charge is 0.464 e. The van der Waals surface area contributed by atoms with Gasteiger partial charge in [0, 0.05) is 90.4 Å². The van der Waals surface area contributed by atoms with E-state index in [1.165, 1.54) is 14.2 Å². The number of anilines is 2. The van der Waals surface area contributed by atoms with Gasteiger partial charge in [-0.15, -0.1) is 10.2 Å². The molecule has 0 aromatic carbocycles. The van der Waals surface area contributed by atoms with Crippen LogP contribution in [0.25, 0.3) is 56.7 Å². The maximum atomic E-state index is 12.9. The first-order valence-corrected chi connectivity index (χ1v) is 37.2. The molecule has 0 bridgehead atoms. The van der Waals surface area contributed by atoms with E-state index in [0.717, 1.165) is 66.0 Å². The Morgan fingerprint density at radius 1 is 0.464 bits per heavy atom. The van der Waals surface area contributed by atoms with E-state index in [9.17, 15) is 19.2 Å². The number of hydrogen-bond acceptors (Lipinski definition) is 24. The van der Waals surface area contributed by atoms with Gasteiger partial charge in [-0.25, -0.2) is 53.8 Å². The number of carbonyl (C=O) groups is 4. The van der Waals surface area contributed by atoms with Crippen molar-refractivity contribution in [2.45, 2.75) is 186 Å². The monoisotopic (exact) mass is 1590 g/mol.